The first-order valence-electron chi connectivity index (χ1n) is 39.0. The SMILES string of the molecule is CCCCCCCCCCCCCCCC(=O)O[C@H](COC(=O)CCCCCCCCCCCCCC)COP(=O)(O)OC[C@H](O)COP(=O)(O)OC[C@@H](COC(=O)CCCCCCCCCCCCCC(C)C)OC(=O)CCCCCCCCCCCCCCC(C)C. The van der Waals surface area contributed by atoms with E-state index in [4.69, 9.17) is 37.0 Å². The largest absolute Gasteiger partial charge is 0.472 e. The number of rotatable bonds is 74. The zero-order valence-corrected chi connectivity index (χ0v) is 63.1. The summed E-state index contributed by atoms with van der Waals surface area (Å²) in [6.45, 7) is 9.61. The minimum absolute atomic E-state index is 0.107. The summed E-state index contributed by atoms with van der Waals surface area (Å²) >= 11 is 0. The van der Waals surface area contributed by atoms with Crippen molar-refractivity contribution in [3.63, 3.8) is 0 Å². The van der Waals surface area contributed by atoms with Crippen molar-refractivity contribution < 1.29 is 80.2 Å². The summed E-state index contributed by atoms with van der Waals surface area (Å²) in [6.07, 6.45) is 53.9. The topological polar surface area (TPSA) is 237 Å². The van der Waals surface area contributed by atoms with Crippen molar-refractivity contribution in [2.24, 2.45) is 11.8 Å². The molecule has 0 aromatic carbocycles. The number of aliphatic hydroxyl groups is 1. The predicted octanol–water partition coefficient (Wildman–Crippen LogP) is 21.9. The number of ether oxygens (including phenoxy) is 4. The van der Waals surface area contributed by atoms with Crippen molar-refractivity contribution in [2.45, 2.75) is 407 Å². The average Bonchev–Trinajstić information content (AvgIpc) is 1.84. The normalized spacial score (nSPS) is 14.0. The summed E-state index contributed by atoms with van der Waals surface area (Å²) in [7, 11) is -9.91. The molecule has 0 aromatic rings. The van der Waals surface area contributed by atoms with Gasteiger partial charge in [-0.3, -0.25) is 37.3 Å². The van der Waals surface area contributed by atoms with E-state index in [1.807, 2.05) is 0 Å². The van der Waals surface area contributed by atoms with E-state index in [9.17, 15) is 43.2 Å². The molecule has 0 bridgehead atoms. The van der Waals surface area contributed by atoms with Crippen LogP contribution in [0.3, 0.4) is 0 Å². The second kappa shape index (κ2) is 66.9. The van der Waals surface area contributed by atoms with E-state index in [0.717, 1.165) is 102 Å². The van der Waals surface area contributed by atoms with Gasteiger partial charge in [0.25, 0.3) is 0 Å². The Hall–Kier alpha value is -1.94. The van der Waals surface area contributed by atoms with Gasteiger partial charge in [0.2, 0.25) is 0 Å². The molecule has 2 unspecified atom stereocenters. The lowest BCUT2D eigenvalue weighted by Gasteiger charge is -2.21. The van der Waals surface area contributed by atoms with Crippen molar-refractivity contribution in [3.05, 3.63) is 0 Å². The molecule has 0 radical (unpaired) electrons. The molecule has 0 aliphatic carbocycles. The van der Waals surface area contributed by atoms with Crippen LogP contribution in [-0.2, 0) is 65.4 Å². The highest BCUT2D eigenvalue weighted by atomic mass is 31.2. The molecule has 0 aliphatic rings. The second-order valence-corrected chi connectivity index (χ2v) is 30.9. The monoisotopic (exact) mass is 1380 g/mol. The molecule has 0 spiro atoms. The van der Waals surface area contributed by atoms with E-state index in [1.165, 1.54) is 205 Å². The van der Waals surface area contributed by atoms with Gasteiger partial charge in [-0.1, -0.05) is 337 Å². The van der Waals surface area contributed by atoms with Gasteiger partial charge in [0.05, 0.1) is 26.4 Å². The average molecular weight is 1380 g/mol. The number of carbonyl (C=O) groups excluding carboxylic acids is 4. The second-order valence-electron chi connectivity index (χ2n) is 28.0. The molecular weight excluding hydrogens is 1230 g/mol. The number of hydrogen-bond donors (Lipinski definition) is 3. The molecular formula is C75H146O17P2. The maximum Gasteiger partial charge on any atom is 0.472 e. The van der Waals surface area contributed by atoms with Crippen molar-refractivity contribution in [3.8, 4) is 0 Å². The lowest BCUT2D eigenvalue weighted by atomic mass is 10.0. The number of phosphoric acid groups is 2. The van der Waals surface area contributed by atoms with Gasteiger partial charge in [0.15, 0.2) is 12.2 Å². The summed E-state index contributed by atoms with van der Waals surface area (Å²) in [5, 5.41) is 10.6. The van der Waals surface area contributed by atoms with Crippen LogP contribution in [-0.4, -0.2) is 96.7 Å². The van der Waals surface area contributed by atoms with Gasteiger partial charge in [0.1, 0.15) is 19.3 Å². The fourth-order valence-corrected chi connectivity index (χ4v) is 13.1. The van der Waals surface area contributed by atoms with Crippen LogP contribution in [0.5, 0.6) is 0 Å². The van der Waals surface area contributed by atoms with E-state index in [-0.39, 0.29) is 25.7 Å². The number of carbonyl (C=O) groups is 4. The lowest BCUT2D eigenvalue weighted by Crippen LogP contribution is -2.30. The summed E-state index contributed by atoms with van der Waals surface area (Å²) in [4.78, 5) is 72.8. The third-order valence-corrected chi connectivity index (χ3v) is 19.4. The van der Waals surface area contributed by atoms with Gasteiger partial charge < -0.3 is 33.8 Å². The Labute approximate surface area is 575 Å². The van der Waals surface area contributed by atoms with Crippen LogP contribution in [0, 0.1) is 11.8 Å². The molecule has 0 saturated carbocycles. The molecule has 19 heteroatoms. The smallest absolute Gasteiger partial charge is 0.462 e. The Morgan fingerprint density at radius 2 is 0.489 bits per heavy atom. The Bertz CT molecular complexity index is 1820. The molecule has 0 aliphatic heterocycles. The molecule has 0 heterocycles. The fourth-order valence-electron chi connectivity index (χ4n) is 11.5. The van der Waals surface area contributed by atoms with Crippen LogP contribution in [0.4, 0.5) is 0 Å². The summed E-state index contributed by atoms with van der Waals surface area (Å²) in [5.74, 6) is -0.566. The molecule has 0 rings (SSSR count). The van der Waals surface area contributed by atoms with Crippen molar-refractivity contribution in [2.75, 3.05) is 39.6 Å². The van der Waals surface area contributed by atoms with Gasteiger partial charge >= 0.3 is 39.5 Å². The van der Waals surface area contributed by atoms with Crippen LogP contribution in [0.1, 0.15) is 388 Å². The maximum atomic E-state index is 13.1. The van der Waals surface area contributed by atoms with Crippen LogP contribution in [0.15, 0.2) is 0 Å². The number of unbranched alkanes of at least 4 members (excludes halogenated alkanes) is 44. The fraction of sp³-hybridized carbons (Fsp3) is 0.947. The van der Waals surface area contributed by atoms with Crippen LogP contribution < -0.4 is 0 Å². The quantitative estimate of drug-likeness (QED) is 0.0222. The minimum Gasteiger partial charge on any atom is -0.462 e. The zero-order valence-electron chi connectivity index (χ0n) is 61.3. The Morgan fingerprint density at radius 1 is 0.287 bits per heavy atom. The molecule has 0 saturated heterocycles. The Balaban J connectivity index is 5.27. The Kier molecular flexibility index (Phi) is 65.5. The summed E-state index contributed by atoms with van der Waals surface area (Å²) in [5.41, 5.74) is 0. The lowest BCUT2D eigenvalue weighted by molar-refractivity contribution is -0.161. The third kappa shape index (κ3) is 68.6. The highest BCUT2D eigenvalue weighted by Gasteiger charge is 2.30. The summed E-state index contributed by atoms with van der Waals surface area (Å²) in [6, 6.07) is 0. The van der Waals surface area contributed by atoms with E-state index in [0.29, 0.717) is 25.7 Å². The van der Waals surface area contributed by atoms with E-state index >= 15 is 0 Å². The molecule has 0 amide bonds. The van der Waals surface area contributed by atoms with Crippen LogP contribution in [0.2, 0.25) is 0 Å². The standard InChI is InChI=1S/C75H146O17P2/c1-7-9-11-13-15-17-19-21-28-35-41-47-53-59-74(79)91-70(63-85-72(77)57-51-45-39-33-27-20-18-16-14-12-10-8-2)65-89-93(81,82)87-61-69(76)62-88-94(83,84)90-66-71(64-86-73(78)58-52-46-40-34-30-24-26-32-38-44-50-56-68(5)6)92-75(80)60-54-48-42-36-29-23-22-25-31-37-43-49-55-67(3)4/h67-71,76H,7-66H2,1-6H3,(H,81,82)(H,83,84)/t69-,70+,71+/m0/s1. The van der Waals surface area contributed by atoms with Crippen molar-refractivity contribution in [1.82, 2.24) is 0 Å². The van der Waals surface area contributed by atoms with Gasteiger partial charge in [-0.05, 0) is 37.5 Å². The van der Waals surface area contributed by atoms with Gasteiger partial charge in [-0.2, -0.15) is 0 Å². The van der Waals surface area contributed by atoms with E-state index < -0.39 is 97.5 Å². The molecule has 94 heavy (non-hydrogen) atoms. The highest BCUT2D eigenvalue weighted by Crippen LogP contribution is 2.45. The van der Waals surface area contributed by atoms with Gasteiger partial charge in [-0.15, -0.1) is 0 Å². The molecule has 17 nitrogen and oxygen atoms in total. The van der Waals surface area contributed by atoms with Crippen molar-refractivity contribution >= 4 is 39.5 Å². The van der Waals surface area contributed by atoms with Crippen LogP contribution >= 0.6 is 15.6 Å². The van der Waals surface area contributed by atoms with E-state index in [2.05, 4.69) is 41.5 Å². The number of aliphatic hydroxyl groups excluding tert-OH is 1. The number of esters is 4. The van der Waals surface area contributed by atoms with Crippen molar-refractivity contribution in [1.29, 1.82) is 0 Å². The first-order chi connectivity index (χ1) is 45.4. The minimum atomic E-state index is -4.96. The third-order valence-electron chi connectivity index (χ3n) is 17.5. The molecule has 0 fully saturated rings. The first-order valence-corrected chi connectivity index (χ1v) is 42.0. The van der Waals surface area contributed by atoms with Gasteiger partial charge in [-0.25, -0.2) is 9.13 Å². The molecule has 0 aromatic heterocycles. The maximum absolute atomic E-state index is 13.1. The number of hydrogen-bond acceptors (Lipinski definition) is 15. The highest BCUT2D eigenvalue weighted by molar-refractivity contribution is 7.47. The van der Waals surface area contributed by atoms with Crippen LogP contribution in [0.25, 0.3) is 0 Å². The first kappa shape index (κ1) is 92.1. The van der Waals surface area contributed by atoms with E-state index in [1.54, 1.807) is 0 Å². The summed E-state index contributed by atoms with van der Waals surface area (Å²) < 4.78 is 68.5. The number of phosphoric ester groups is 2. The van der Waals surface area contributed by atoms with Gasteiger partial charge in [0, 0.05) is 25.7 Å². The molecule has 3 N–H and O–H groups in total. The zero-order chi connectivity index (χ0) is 69.3. The predicted molar refractivity (Wildman–Crippen MR) is 381 cm³/mol. The molecule has 558 valence electrons. The molecule has 5 atom stereocenters. The Morgan fingerprint density at radius 3 is 0.723 bits per heavy atom.